The Morgan fingerprint density at radius 1 is 0.532 bits per heavy atom. The minimum absolute atomic E-state index is 0.219. The fourth-order valence-corrected chi connectivity index (χ4v) is 9.63. The van der Waals surface area contributed by atoms with Gasteiger partial charge in [-0.1, -0.05) is 98.8 Å². The molecule has 8 aromatic rings. The monoisotopic (exact) mass is 650 g/mol. The Balaban J connectivity index is 1.14. The van der Waals surface area contributed by atoms with Crippen LogP contribution in [0.2, 0.25) is 0 Å². The second-order valence-corrected chi connectivity index (χ2v) is 15.1. The molecule has 0 aliphatic rings. The number of nitrogens with zero attached hydrogens (tertiary/aromatic N) is 2. The molecule has 2 nitrogen and oxygen atoms in total. The Morgan fingerprint density at radius 2 is 1.02 bits per heavy atom. The lowest BCUT2D eigenvalue weighted by Crippen LogP contribution is -2.24. The number of anilines is 4. The van der Waals surface area contributed by atoms with E-state index in [1.54, 1.807) is 17.4 Å². The lowest BCUT2D eigenvalue weighted by molar-refractivity contribution is 0.522. The third kappa shape index (κ3) is 5.06. The average molecular weight is 651 g/mol. The maximum Gasteiger partial charge on any atom is 0.146 e. The summed E-state index contributed by atoms with van der Waals surface area (Å²) in [4.78, 5) is 4.35. The lowest BCUT2D eigenvalue weighted by atomic mass is 9.78. The smallest absolute Gasteiger partial charge is 0.146 e. The molecule has 47 heavy (non-hydrogen) atoms. The molecule has 5 heteroatoms. The van der Waals surface area contributed by atoms with E-state index in [0.29, 0.717) is 5.69 Å². The van der Waals surface area contributed by atoms with E-state index in [-0.39, 0.29) is 11.2 Å². The topological polar surface area (TPSA) is 6.48 Å². The Bertz CT molecular complexity index is 2440. The summed E-state index contributed by atoms with van der Waals surface area (Å²) in [5, 5.41) is 5.05. The molecule has 0 spiro atoms. The average Bonchev–Trinajstić information content (AvgIpc) is 3.67. The SMILES string of the molecule is CN(c1cc(CC(C)(C)c2ccccc2N(C)c2cccc3c2sc2ccccc23)ccc1F)c1cccc2c1sc1ccccc12. The van der Waals surface area contributed by atoms with E-state index < -0.39 is 0 Å². The Kier molecular flexibility index (Phi) is 7.27. The molecule has 8 rings (SSSR count). The van der Waals surface area contributed by atoms with Gasteiger partial charge in [0.15, 0.2) is 0 Å². The zero-order valence-electron chi connectivity index (χ0n) is 26.9. The predicted molar refractivity (Wildman–Crippen MR) is 204 cm³/mol. The van der Waals surface area contributed by atoms with Crippen molar-refractivity contribution >= 4 is 85.8 Å². The molecule has 232 valence electrons. The van der Waals surface area contributed by atoms with Crippen LogP contribution in [-0.4, -0.2) is 14.1 Å². The highest BCUT2D eigenvalue weighted by Crippen LogP contribution is 2.45. The summed E-state index contributed by atoms with van der Waals surface area (Å²) in [6.07, 6.45) is 0.763. The molecular formula is C42H35FN2S2. The molecule has 2 aromatic heterocycles. The van der Waals surface area contributed by atoms with Gasteiger partial charge in [0.1, 0.15) is 5.82 Å². The quantitative estimate of drug-likeness (QED) is 0.169. The van der Waals surface area contributed by atoms with Crippen LogP contribution >= 0.6 is 22.7 Å². The van der Waals surface area contributed by atoms with Crippen LogP contribution in [-0.2, 0) is 11.8 Å². The molecule has 0 N–H and O–H groups in total. The number of fused-ring (bicyclic) bond motifs is 6. The molecule has 0 aliphatic carbocycles. The van der Waals surface area contributed by atoms with Gasteiger partial charge in [-0.25, -0.2) is 4.39 Å². The van der Waals surface area contributed by atoms with Gasteiger partial charge in [-0.2, -0.15) is 0 Å². The van der Waals surface area contributed by atoms with Gasteiger partial charge in [0, 0.05) is 50.7 Å². The number of rotatable bonds is 7. The van der Waals surface area contributed by atoms with Crippen LogP contribution in [0.3, 0.4) is 0 Å². The van der Waals surface area contributed by atoms with Crippen molar-refractivity contribution in [3.8, 4) is 0 Å². The molecule has 6 aromatic carbocycles. The van der Waals surface area contributed by atoms with Crippen LogP contribution in [0.1, 0.15) is 25.0 Å². The van der Waals surface area contributed by atoms with Crippen molar-refractivity contribution in [3.63, 3.8) is 0 Å². The van der Waals surface area contributed by atoms with Gasteiger partial charge in [0.25, 0.3) is 0 Å². The van der Waals surface area contributed by atoms with E-state index in [4.69, 9.17) is 0 Å². The van der Waals surface area contributed by atoms with E-state index in [2.05, 4.69) is 135 Å². The fraction of sp³-hybridized carbons (Fsp3) is 0.143. The first-order valence-electron chi connectivity index (χ1n) is 16.0. The van der Waals surface area contributed by atoms with Crippen molar-refractivity contribution in [2.24, 2.45) is 0 Å². The Morgan fingerprint density at radius 3 is 1.64 bits per heavy atom. The molecule has 0 atom stereocenters. The first kappa shape index (κ1) is 29.7. The van der Waals surface area contributed by atoms with Crippen molar-refractivity contribution in [2.75, 3.05) is 23.9 Å². The third-order valence-corrected chi connectivity index (χ3v) is 11.9. The zero-order valence-corrected chi connectivity index (χ0v) is 28.6. The predicted octanol–water partition coefficient (Wildman–Crippen LogP) is 12.6. The summed E-state index contributed by atoms with van der Waals surface area (Å²) in [6.45, 7) is 4.59. The minimum Gasteiger partial charge on any atom is -0.343 e. The van der Waals surface area contributed by atoms with Crippen LogP contribution in [0.4, 0.5) is 27.1 Å². The normalized spacial score (nSPS) is 12.0. The van der Waals surface area contributed by atoms with Gasteiger partial charge in [-0.3, -0.25) is 0 Å². The Hall–Kier alpha value is -4.71. The van der Waals surface area contributed by atoms with Gasteiger partial charge in [0.2, 0.25) is 0 Å². The zero-order chi connectivity index (χ0) is 32.3. The van der Waals surface area contributed by atoms with Gasteiger partial charge in [0.05, 0.1) is 26.5 Å². The number of hydrogen-bond acceptors (Lipinski definition) is 4. The summed E-state index contributed by atoms with van der Waals surface area (Å²) in [5.74, 6) is -0.219. The van der Waals surface area contributed by atoms with E-state index in [1.807, 2.05) is 35.4 Å². The molecule has 0 saturated carbocycles. The maximum atomic E-state index is 15.6. The van der Waals surface area contributed by atoms with Crippen molar-refractivity contribution in [1.29, 1.82) is 0 Å². The second kappa shape index (κ2) is 11.5. The molecule has 0 radical (unpaired) electrons. The second-order valence-electron chi connectivity index (χ2n) is 13.0. The van der Waals surface area contributed by atoms with Crippen LogP contribution in [0.25, 0.3) is 40.3 Å². The highest BCUT2D eigenvalue weighted by atomic mass is 32.1. The van der Waals surface area contributed by atoms with E-state index >= 15 is 4.39 Å². The highest BCUT2D eigenvalue weighted by Gasteiger charge is 2.27. The van der Waals surface area contributed by atoms with Gasteiger partial charge in [-0.05, 0) is 65.4 Å². The molecule has 2 heterocycles. The molecule has 0 aliphatic heterocycles. The molecule has 0 bridgehead atoms. The van der Waals surface area contributed by atoms with Gasteiger partial charge >= 0.3 is 0 Å². The van der Waals surface area contributed by atoms with Crippen molar-refractivity contribution in [2.45, 2.75) is 25.7 Å². The molecular weight excluding hydrogens is 616 g/mol. The number of thiophene rings is 2. The first-order valence-corrected chi connectivity index (χ1v) is 17.6. The van der Waals surface area contributed by atoms with E-state index in [1.165, 1.54) is 57.3 Å². The number of para-hydroxylation sites is 1. The summed E-state index contributed by atoms with van der Waals surface area (Å²) >= 11 is 3.62. The number of hydrogen-bond donors (Lipinski definition) is 0. The van der Waals surface area contributed by atoms with Crippen LogP contribution in [0.15, 0.2) is 127 Å². The number of benzene rings is 6. The van der Waals surface area contributed by atoms with E-state index in [9.17, 15) is 0 Å². The van der Waals surface area contributed by atoms with E-state index in [0.717, 1.165) is 17.7 Å². The first-order chi connectivity index (χ1) is 22.8. The van der Waals surface area contributed by atoms with Gasteiger partial charge in [-0.15, -0.1) is 22.7 Å². The van der Waals surface area contributed by atoms with Crippen molar-refractivity contribution < 1.29 is 4.39 Å². The Labute approximate surface area is 282 Å². The van der Waals surface area contributed by atoms with Crippen LogP contribution < -0.4 is 9.80 Å². The van der Waals surface area contributed by atoms with Crippen molar-refractivity contribution in [1.82, 2.24) is 0 Å². The summed E-state index contributed by atoms with van der Waals surface area (Å²) in [6, 6.07) is 44.4. The van der Waals surface area contributed by atoms with Gasteiger partial charge < -0.3 is 9.80 Å². The summed E-state index contributed by atoms with van der Waals surface area (Å²) in [5.41, 5.74) is 6.12. The highest BCUT2D eigenvalue weighted by molar-refractivity contribution is 7.26. The number of halogens is 1. The standard InChI is InChI=1S/C42H35FN2S2/c1-42(2,32-17-7-8-18-34(32)44(3)35-19-11-15-30-28-13-5-9-21-38(28)46-40(30)35)26-27-23-24-33(43)37(25-27)45(4)36-20-12-16-31-29-14-6-10-22-39(29)47-41(31)36/h5-25H,26H2,1-4H3. The molecule has 0 saturated heterocycles. The fourth-order valence-electron chi connectivity index (χ4n) is 7.12. The van der Waals surface area contributed by atoms with Crippen LogP contribution in [0, 0.1) is 5.82 Å². The largest absolute Gasteiger partial charge is 0.343 e. The molecule has 0 fully saturated rings. The summed E-state index contributed by atoms with van der Waals surface area (Å²) < 4.78 is 20.6. The molecule has 0 unspecified atom stereocenters. The van der Waals surface area contributed by atoms with Crippen molar-refractivity contribution in [3.05, 3.63) is 144 Å². The molecule has 0 amide bonds. The maximum absolute atomic E-state index is 15.6. The third-order valence-electron chi connectivity index (χ3n) is 9.50. The minimum atomic E-state index is -0.224. The lowest BCUT2D eigenvalue weighted by Gasteiger charge is -2.32. The van der Waals surface area contributed by atoms with Crippen LogP contribution in [0.5, 0.6) is 0 Å². The summed E-state index contributed by atoms with van der Waals surface area (Å²) in [7, 11) is 4.15.